The Hall–Kier alpha value is 0.790. The van der Waals surface area contributed by atoms with Crippen molar-refractivity contribution in [1.82, 2.24) is 9.80 Å². The van der Waals surface area contributed by atoms with Gasteiger partial charge in [0.25, 0.3) is 0 Å². The average Bonchev–Trinajstić information content (AvgIpc) is 2.48. The molecular weight excluding hydrogens is 347 g/mol. The van der Waals surface area contributed by atoms with E-state index in [2.05, 4.69) is 44.4 Å². The molecular formula is C17H39InN2. The summed E-state index contributed by atoms with van der Waals surface area (Å²) in [6.45, 7) is 19.2. The summed E-state index contributed by atoms with van der Waals surface area (Å²) in [6, 6.07) is 0. The predicted octanol–water partition coefficient (Wildman–Crippen LogP) is 4.36. The maximum absolute atomic E-state index is 2.59. The van der Waals surface area contributed by atoms with Crippen LogP contribution in [0.3, 0.4) is 0 Å². The second-order valence-corrected chi connectivity index (χ2v) is 15.9. The third-order valence-corrected chi connectivity index (χ3v) is 15.6. The number of hydrogen-bond donors (Lipinski definition) is 0. The van der Waals surface area contributed by atoms with Gasteiger partial charge in [-0.05, 0) is 0 Å². The van der Waals surface area contributed by atoms with E-state index in [0.717, 1.165) is 0 Å². The maximum atomic E-state index is 2.59. The molecule has 0 amide bonds. The molecule has 0 N–H and O–H groups in total. The zero-order valence-electron chi connectivity index (χ0n) is 15.0. The van der Waals surface area contributed by atoms with E-state index < -0.39 is 21.4 Å². The van der Waals surface area contributed by atoms with Gasteiger partial charge in [0.05, 0.1) is 0 Å². The van der Waals surface area contributed by atoms with Gasteiger partial charge in [-0.1, -0.05) is 0 Å². The topological polar surface area (TPSA) is 6.48 Å². The first kappa shape index (κ1) is 20.8. The van der Waals surface area contributed by atoms with Crippen molar-refractivity contribution in [3.8, 4) is 0 Å². The molecule has 0 atom stereocenters. The number of hydrogen-bond acceptors (Lipinski definition) is 2. The SMILES string of the molecule is CC[CH2][In]([CH2]CCN(CC)CC)[CH2]CCN(CC)CC. The van der Waals surface area contributed by atoms with E-state index in [1.165, 1.54) is 58.5 Å². The quantitative estimate of drug-likeness (QED) is 0.438. The van der Waals surface area contributed by atoms with Crippen molar-refractivity contribution in [2.24, 2.45) is 0 Å². The van der Waals surface area contributed by atoms with Gasteiger partial charge < -0.3 is 0 Å². The van der Waals surface area contributed by atoms with E-state index in [-0.39, 0.29) is 0 Å². The predicted molar refractivity (Wildman–Crippen MR) is 95.3 cm³/mol. The second-order valence-electron chi connectivity index (χ2n) is 5.99. The summed E-state index contributed by atoms with van der Waals surface area (Å²) in [5.74, 6) is 0. The van der Waals surface area contributed by atoms with Crippen LogP contribution < -0.4 is 0 Å². The third kappa shape index (κ3) is 10.5. The molecule has 0 saturated heterocycles. The molecule has 20 heavy (non-hydrogen) atoms. The Morgan fingerprint density at radius 3 is 1.30 bits per heavy atom. The van der Waals surface area contributed by atoms with Gasteiger partial charge in [0.2, 0.25) is 0 Å². The van der Waals surface area contributed by atoms with Crippen molar-refractivity contribution in [1.29, 1.82) is 0 Å². The summed E-state index contributed by atoms with van der Waals surface area (Å²) < 4.78 is 4.92. The van der Waals surface area contributed by atoms with E-state index >= 15 is 0 Å². The molecule has 2 nitrogen and oxygen atoms in total. The Morgan fingerprint density at radius 1 is 0.600 bits per heavy atom. The van der Waals surface area contributed by atoms with Crippen LogP contribution in [0.1, 0.15) is 53.9 Å². The summed E-state index contributed by atoms with van der Waals surface area (Å²) in [6.07, 6.45) is 4.40. The zero-order valence-corrected chi connectivity index (χ0v) is 18.3. The van der Waals surface area contributed by atoms with Gasteiger partial charge in [0.15, 0.2) is 0 Å². The summed E-state index contributed by atoms with van der Waals surface area (Å²) >= 11 is -1.17. The Morgan fingerprint density at radius 2 is 1.00 bits per heavy atom. The Balaban J connectivity index is 3.85. The molecule has 0 aliphatic heterocycles. The Bertz CT molecular complexity index is 173. The summed E-state index contributed by atoms with van der Waals surface area (Å²) in [5.41, 5.74) is 0. The molecule has 0 fully saturated rings. The molecule has 0 heterocycles. The van der Waals surface area contributed by atoms with Gasteiger partial charge >= 0.3 is 137 Å². The fourth-order valence-corrected chi connectivity index (χ4v) is 12.3. The van der Waals surface area contributed by atoms with Crippen LogP contribution in [0.2, 0.25) is 12.5 Å². The molecule has 0 aromatic heterocycles. The van der Waals surface area contributed by atoms with Gasteiger partial charge in [0, 0.05) is 0 Å². The van der Waals surface area contributed by atoms with Crippen LogP contribution in [-0.4, -0.2) is 70.5 Å². The number of nitrogens with zero attached hydrogens (tertiary/aromatic N) is 2. The minimum absolute atomic E-state index is 1.17. The molecule has 3 heteroatoms. The molecule has 0 aromatic carbocycles. The van der Waals surface area contributed by atoms with Gasteiger partial charge in [-0.2, -0.15) is 0 Å². The van der Waals surface area contributed by atoms with Crippen LogP contribution in [-0.2, 0) is 0 Å². The van der Waals surface area contributed by atoms with Crippen LogP contribution in [0.5, 0.6) is 0 Å². The van der Waals surface area contributed by atoms with Crippen LogP contribution in [0.15, 0.2) is 0 Å². The molecule has 0 radical (unpaired) electrons. The first-order chi connectivity index (χ1) is 9.71. The molecule has 0 aliphatic rings. The Labute approximate surface area is 136 Å². The van der Waals surface area contributed by atoms with Crippen molar-refractivity contribution in [3.63, 3.8) is 0 Å². The zero-order chi connectivity index (χ0) is 15.2. The summed E-state index contributed by atoms with van der Waals surface area (Å²) in [5, 5.41) is 0. The third-order valence-electron chi connectivity index (χ3n) is 4.66. The van der Waals surface area contributed by atoms with E-state index in [1.54, 1.807) is 12.5 Å². The van der Waals surface area contributed by atoms with Crippen molar-refractivity contribution in [2.75, 3.05) is 39.3 Å². The summed E-state index contributed by atoms with van der Waals surface area (Å²) in [4.78, 5) is 5.18. The normalized spacial score (nSPS) is 11.6. The van der Waals surface area contributed by atoms with Gasteiger partial charge in [-0.25, -0.2) is 0 Å². The summed E-state index contributed by atoms with van der Waals surface area (Å²) in [7, 11) is 0. The minimum atomic E-state index is -1.17. The molecule has 0 aliphatic carbocycles. The van der Waals surface area contributed by atoms with E-state index in [1.807, 2.05) is 0 Å². The standard InChI is InChI=1S/2C7H16N.C3H7.In/c2*1-4-7-8(5-2)6-3;1-3-2;/h2*1,4-7H2,2-3H3;1,3H2,2H3;. The van der Waals surface area contributed by atoms with Crippen LogP contribution in [0.4, 0.5) is 0 Å². The van der Waals surface area contributed by atoms with Gasteiger partial charge in [-0.15, -0.1) is 0 Å². The Kier molecular flexibility index (Phi) is 15.3. The molecule has 0 rings (SSSR count). The first-order valence-electron chi connectivity index (χ1n) is 9.16. The van der Waals surface area contributed by atoms with Crippen LogP contribution >= 0.6 is 0 Å². The van der Waals surface area contributed by atoms with Crippen molar-refractivity contribution in [3.05, 3.63) is 0 Å². The number of rotatable bonds is 14. The fraction of sp³-hybridized carbons (Fsp3) is 1.00. The van der Waals surface area contributed by atoms with E-state index in [9.17, 15) is 0 Å². The molecule has 0 bridgehead atoms. The van der Waals surface area contributed by atoms with Gasteiger partial charge in [-0.3, -0.25) is 0 Å². The first-order valence-corrected chi connectivity index (χ1v) is 16.1. The molecule has 0 unspecified atom stereocenters. The monoisotopic (exact) mass is 386 g/mol. The molecule has 0 spiro atoms. The van der Waals surface area contributed by atoms with Crippen molar-refractivity contribution in [2.45, 2.75) is 66.4 Å². The van der Waals surface area contributed by atoms with E-state index in [4.69, 9.17) is 0 Å². The van der Waals surface area contributed by atoms with Crippen LogP contribution in [0, 0.1) is 0 Å². The second kappa shape index (κ2) is 14.7. The fourth-order valence-electron chi connectivity index (χ4n) is 3.13. The van der Waals surface area contributed by atoms with Crippen LogP contribution in [0.25, 0.3) is 0 Å². The van der Waals surface area contributed by atoms with Crippen molar-refractivity contribution >= 4 is 21.4 Å². The van der Waals surface area contributed by atoms with E-state index in [0.29, 0.717) is 0 Å². The van der Waals surface area contributed by atoms with Crippen molar-refractivity contribution < 1.29 is 0 Å². The molecule has 0 saturated carbocycles. The average molecular weight is 386 g/mol. The molecule has 0 aromatic rings. The van der Waals surface area contributed by atoms with Gasteiger partial charge in [0.1, 0.15) is 0 Å². The molecule has 120 valence electrons.